The number of hydrogen-bond donors (Lipinski definition) is 0. The highest BCUT2D eigenvalue weighted by atomic mass is 19.1. The van der Waals surface area contributed by atoms with Crippen LogP contribution in [0.3, 0.4) is 0 Å². The maximum atomic E-state index is 12.9. The Hall–Kier alpha value is -1.78. The number of amides is 1. The molecule has 0 unspecified atom stereocenters. The number of Topliss-reactive ketones (excluding diaryl/α,β-unsaturated/α-hetero) is 1. The molecule has 2 rings (SSSR count). The van der Waals surface area contributed by atoms with Crippen molar-refractivity contribution in [3.63, 3.8) is 0 Å². The van der Waals surface area contributed by atoms with Gasteiger partial charge in [-0.15, -0.1) is 0 Å². The maximum Gasteiger partial charge on any atom is 0.299 e. The molecule has 0 spiro atoms. The summed E-state index contributed by atoms with van der Waals surface area (Å²) < 4.78 is 24.9. The second-order valence-corrected chi connectivity index (χ2v) is 3.49. The van der Waals surface area contributed by atoms with E-state index in [-0.39, 0.29) is 18.5 Å². The minimum atomic E-state index is -0.728. The van der Waals surface area contributed by atoms with E-state index in [0.29, 0.717) is 5.69 Å². The molecule has 1 aromatic carbocycles. The Bertz CT molecular complexity index is 459. The molecule has 0 aromatic heterocycles. The van der Waals surface area contributed by atoms with E-state index in [1.54, 1.807) is 0 Å². The summed E-state index contributed by atoms with van der Waals surface area (Å²) in [6.45, 7) is -0.422. The maximum absolute atomic E-state index is 12.9. The van der Waals surface area contributed by atoms with Crippen LogP contribution in [0.25, 0.3) is 0 Å². The van der Waals surface area contributed by atoms with Crippen LogP contribution in [0.1, 0.15) is 16.8 Å². The zero-order valence-electron chi connectivity index (χ0n) is 8.37. The van der Waals surface area contributed by atoms with E-state index in [9.17, 15) is 18.4 Å². The smallest absolute Gasteiger partial charge is 0.299 e. The van der Waals surface area contributed by atoms with Gasteiger partial charge in [0.2, 0.25) is 0 Å². The fourth-order valence-electron chi connectivity index (χ4n) is 1.71. The van der Waals surface area contributed by atoms with Crippen molar-refractivity contribution in [2.75, 3.05) is 18.1 Å². The molecular formula is C11H9F2NO2. The summed E-state index contributed by atoms with van der Waals surface area (Å²) >= 11 is 0. The molecule has 84 valence electrons. The van der Waals surface area contributed by atoms with Crippen LogP contribution in [-0.4, -0.2) is 24.9 Å². The summed E-state index contributed by atoms with van der Waals surface area (Å²) in [7, 11) is 0. The van der Waals surface area contributed by atoms with E-state index in [1.165, 1.54) is 17.0 Å². The highest BCUT2D eigenvalue weighted by molar-refractivity contribution is 6.52. The van der Waals surface area contributed by atoms with Gasteiger partial charge >= 0.3 is 0 Å². The molecular weight excluding hydrogens is 216 g/mol. The second kappa shape index (κ2) is 4.00. The van der Waals surface area contributed by atoms with Gasteiger partial charge in [-0.25, -0.2) is 4.39 Å². The first-order chi connectivity index (χ1) is 7.65. The number of hydrogen-bond acceptors (Lipinski definition) is 2. The van der Waals surface area contributed by atoms with Crippen LogP contribution >= 0.6 is 0 Å². The summed E-state index contributed by atoms with van der Waals surface area (Å²) in [6, 6.07) is 3.57. The molecule has 1 aliphatic heterocycles. The second-order valence-electron chi connectivity index (χ2n) is 3.49. The van der Waals surface area contributed by atoms with E-state index in [0.717, 1.165) is 6.07 Å². The van der Waals surface area contributed by atoms with E-state index >= 15 is 0 Å². The van der Waals surface area contributed by atoms with Gasteiger partial charge in [0.15, 0.2) is 0 Å². The Balaban J connectivity index is 2.38. The molecule has 1 aliphatic rings. The largest absolute Gasteiger partial charge is 0.305 e. The van der Waals surface area contributed by atoms with Gasteiger partial charge in [0.25, 0.3) is 11.7 Å². The predicted molar refractivity (Wildman–Crippen MR) is 53.7 cm³/mol. The molecule has 0 fully saturated rings. The van der Waals surface area contributed by atoms with Gasteiger partial charge in [-0.3, -0.25) is 14.0 Å². The molecule has 0 aliphatic carbocycles. The molecule has 0 saturated carbocycles. The third kappa shape index (κ3) is 1.58. The Kier molecular flexibility index (Phi) is 2.68. The van der Waals surface area contributed by atoms with Crippen molar-refractivity contribution in [3.05, 3.63) is 29.6 Å². The Morgan fingerprint density at radius 2 is 2.00 bits per heavy atom. The van der Waals surface area contributed by atoms with Crippen molar-refractivity contribution in [1.29, 1.82) is 0 Å². The van der Waals surface area contributed by atoms with Gasteiger partial charge in [-0.05, 0) is 24.6 Å². The van der Waals surface area contributed by atoms with Gasteiger partial charge in [0.05, 0.1) is 17.9 Å². The third-order valence-corrected chi connectivity index (χ3v) is 2.45. The van der Waals surface area contributed by atoms with E-state index in [4.69, 9.17) is 0 Å². The van der Waals surface area contributed by atoms with Crippen molar-refractivity contribution < 1.29 is 18.4 Å². The lowest BCUT2D eigenvalue weighted by Gasteiger charge is -2.14. The zero-order chi connectivity index (χ0) is 11.7. The molecule has 3 nitrogen and oxygen atoms in total. The minimum Gasteiger partial charge on any atom is -0.305 e. The number of benzene rings is 1. The van der Waals surface area contributed by atoms with Crippen LogP contribution in [0.15, 0.2) is 18.2 Å². The lowest BCUT2D eigenvalue weighted by molar-refractivity contribution is -0.114. The quantitative estimate of drug-likeness (QED) is 0.734. The average Bonchev–Trinajstić information content (AvgIpc) is 2.50. The van der Waals surface area contributed by atoms with Crippen LogP contribution in [0.4, 0.5) is 14.5 Å². The number of nitrogens with zero attached hydrogens (tertiary/aromatic N) is 1. The lowest BCUT2D eigenvalue weighted by Crippen LogP contribution is -2.30. The van der Waals surface area contributed by atoms with Crippen molar-refractivity contribution in [2.24, 2.45) is 0 Å². The number of halogens is 2. The van der Waals surface area contributed by atoms with Crippen molar-refractivity contribution >= 4 is 17.4 Å². The topological polar surface area (TPSA) is 37.4 Å². The number of anilines is 1. The molecule has 16 heavy (non-hydrogen) atoms. The number of fused-ring (bicyclic) bond motifs is 1. The molecule has 0 N–H and O–H groups in total. The van der Waals surface area contributed by atoms with E-state index < -0.39 is 24.2 Å². The summed E-state index contributed by atoms with van der Waals surface area (Å²) in [5.41, 5.74) is 0.425. The molecule has 0 bridgehead atoms. The number of carbonyl (C=O) groups excluding carboxylic acids is 2. The summed E-state index contributed by atoms with van der Waals surface area (Å²) in [5, 5.41) is 0. The molecule has 1 amide bonds. The standard InChI is InChI=1S/C11H9F2NO2/c12-4-1-5-14-9-3-2-7(13)6-8(9)10(15)11(14)16/h2-3,6H,1,4-5H2. The molecule has 1 heterocycles. The highest BCUT2D eigenvalue weighted by Gasteiger charge is 2.35. The van der Waals surface area contributed by atoms with E-state index in [2.05, 4.69) is 0 Å². The SMILES string of the molecule is O=C1C(=O)N(CCCF)c2ccc(F)cc21. The van der Waals surface area contributed by atoms with Gasteiger partial charge in [-0.2, -0.15) is 0 Å². The Morgan fingerprint density at radius 1 is 1.25 bits per heavy atom. The lowest BCUT2D eigenvalue weighted by atomic mass is 10.1. The third-order valence-electron chi connectivity index (χ3n) is 2.45. The first-order valence-corrected chi connectivity index (χ1v) is 4.87. The van der Waals surface area contributed by atoms with Gasteiger partial charge in [-0.1, -0.05) is 0 Å². The van der Waals surface area contributed by atoms with Crippen molar-refractivity contribution in [3.8, 4) is 0 Å². The van der Waals surface area contributed by atoms with Crippen LogP contribution in [0.5, 0.6) is 0 Å². The van der Waals surface area contributed by atoms with Crippen LogP contribution < -0.4 is 4.90 Å². The Morgan fingerprint density at radius 3 is 2.69 bits per heavy atom. The first kappa shape index (κ1) is 10.7. The minimum absolute atomic E-state index is 0.0591. The van der Waals surface area contributed by atoms with Crippen LogP contribution in [-0.2, 0) is 4.79 Å². The van der Waals surface area contributed by atoms with Crippen molar-refractivity contribution in [1.82, 2.24) is 0 Å². The van der Waals surface area contributed by atoms with Gasteiger partial charge in [0, 0.05) is 6.54 Å². The fraction of sp³-hybridized carbons (Fsp3) is 0.273. The van der Waals surface area contributed by atoms with Crippen LogP contribution in [0.2, 0.25) is 0 Å². The number of alkyl halides is 1. The number of rotatable bonds is 3. The number of carbonyl (C=O) groups is 2. The predicted octanol–water partition coefficient (Wildman–Crippen LogP) is 1.71. The summed E-state index contributed by atoms with van der Waals surface area (Å²) in [6.07, 6.45) is 0.163. The van der Waals surface area contributed by atoms with Gasteiger partial charge < -0.3 is 4.90 Å². The number of ketones is 1. The normalized spacial score (nSPS) is 14.5. The molecule has 0 atom stereocenters. The summed E-state index contributed by atoms with van der Waals surface area (Å²) in [4.78, 5) is 24.2. The highest BCUT2D eigenvalue weighted by Crippen LogP contribution is 2.29. The Labute approximate surface area is 90.7 Å². The summed E-state index contributed by atoms with van der Waals surface area (Å²) in [5.74, 6) is -2.00. The van der Waals surface area contributed by atoms with E-state index in [1.807, 2.05) is 0 Å². The molecule has 0 saturated heterocycles. The van der Waals surface area contributed by atoms with Crippen molar-refractivity contribution in [2.45, 2.75) is 6.42 Å². The molecule has 1 aromatic rings. The zero-order valence-corrected chi connectivity index (χ0v) is 8.37. The average molecular weight is 225 g/mol. The molecule has 0 radical (unpaired) electrons. The fourth-order valence-corrected chi connectivity index (χ4v) is 1.71. The first-order valence-electron chi connectivity index (χ1n) is 4.87. The van der Waals surface area contributed by atoms with Crippen LogP contribution in [0, 0.1) is 5.82 Å². The van der Waals surface area contributed by atoms with Gasteiger partial charge in [0.1, 0.15) is 5.82 Å². The molecule has 5 heteroatoms. The monoisotopic (exact) mass is 225 g/mol.